The van der Waals surface area contributed by atoms with E-state index < -0.39 is 11.9 Å². The van der Waals surface area contributed by atoms with Crippen molar-refractivity contribution in [2.75, 3.05) is 0 Å². The highest BCUT2D eigenvalue weighted by atomic mass is 16.4. The van der Waals surface area contributed by atoms with Crippen LogP contribution in [-0.4, -0.2) is 45.5 Å². The first-order valence-corrected chi connectivity index (χ1v) is 14.3. The second-order valence-electron chi connectivity index (χ2n) is 11.0. The van der Waals surface area contributed by atoms with E-state index in [-0.39, 0.29) is 49.5 Å². The minimum Gasteiger partial charge on any atom is -0.550 e. The van der Waals surface area contributed by atoms with Gasteiger partial charge in [0, 0.05) is 46.0 Å². The molecule has 43 heavy (non-hydrogen) atoms. The van der Waals surface area contributed by atoms with Crippen LogP contribution in [-0.2, 0) is 38.4 Å². The van der Waals surface area contributed by atoms with Gasteiger partial charge in [-0.2, -0.15) is 0 Å². The zero-order valence-electron chi connectivity index (χ0n) is 25.1. The van der Waals surface area contributed by atoms with Gasteiger partial charge in [-0.25, -0.2) is 4.99 Å². The third-order valence-electron chi connectivity index (χ3n) is 8.48. The molecule has 0 fully saturated rings. The molecule has 2 aliphatic heterocycles. The minimum atomic E-state index is -1.18. The first kappa shape index (κ1) is 31.2. The average molecular weight is 585 g/mol. The van der Waals surface area contributed by atoms with Crippen LogP contribution >= 0.6 is 0 Å². The Morgan fingerprint density at radius 1 is 0.953 bits per heavy atom. The van der Waals surface area contributed by atoms with Crippen LogP contribution in [0.2, 0.25) is 0 Å². The van der Waals surface area contributed by atoms with Crippen LogP contribution in [0.15, 0.2) is 40.4 Å². The van der Waals surface area contributed by atoms with Gasteiger partial charge in [0.1, 0.15) is 0 Å². The number of nitrogens with one attached hydrogen (secondary N) is 3. The van der Waals surface area contributed by atoms with Gasteiger partial charge in [0.25, 0.3) is 11.8 Å². The number of H-pyrrole nitrogens is 2. The van der Waals surface area contributed by atoms with Crippen molar-refractivity contribution in [2.24, 2.45) is 10.9 Å². The summed E-state index contributed by atoms with van der Waals surface area (Å²) in [6, 6.07) is -0.245. The minimum absolute atomic E-state index is 0.182. The first-order valence-electron chi connectivity index (χ1n) is 14.3. The van der Waals surface area contributed by atoms with E-state index in [1.54, 1.807) is 19.1 Å². The van der Waals surface area contributed by atoms with E-state index in [0.29, 0.717) is 34.1 Å². The molecule has 0 spiro atoms. The van der Waals surface area contributed by atoms with E-state index in [1.807, 2.05) is 39.8 Å². The van der Waals surface area contributed by atoms with Gasteiger partial charge < -0.3 is 35.1 Å². The molecular weight excluding hydrogens is 548 g/mol. The van der Waals surface area contributed by atoms with Crippen LogP contribution in [0.25, 0.3) is 12.2 Å². The summed E-state index contributed by atoms with van der Waals surface area (Å²) in [5.74, 6) is -3.09. The van der Waals surface area contributed by atoms with Gasteiger partial charge in [-0.3, -0.25) is 9.59 Å². The number of carbonyl (C=O) groups is 4. The third kappa shape index (κ3) is 6.38. The zero-order valence-corrected chi connectivity index (χ0v) is 25.1. The highest BCUT2D eigenvalue weighted by Gasteiger charge is 2.29. The number of hydrogen-bond donors (Lipinski definition) is 3. The molecule has 3 N–H and O–H groups in total. The van der Waals surface area contributed by atoms with Crippen LogP contribution in [0.5, 0.6) is 0 Å². The summed E-state index contributed by atoms with van der Waals surface area (Å²) >= 11 is 0. The van der Waals surface area contributed by atoms with Gasteiger partial charge in [-0.1, -0.05) is 18.7 Å². The zero-order chi connectivity index (χ0) is 31.6. The molecule has 0 unspecified atom stereocenters. The summed E-state index contributed by atoms with van der Waals surface area (Å²) in [6.07, 6.45) is 7.55. The first-order chi connectivity index (χ1) is 20.4. The van der Waals surface area contributed by atoms with Gasteiger partial charge in [-0.05, 0) is 106 Å². The van der Waals surface area contributed by atoms with Crippen molar-refractivity contribution in [3.63, 3.8) is 0 Å². The molecule has 2 amide bonds. The van der Waals surface area contributed by atoms with E-state index in [2.05, 4.69) is 26.9 Å². The van der Waals surface area contributed by atoms with Gasteiger partial charge in [-0.15, -0.1) is 0 Å². The molecule has 4 heterocycles. The molecule has 0 radical (unpaired) electrons. The fourth-order valence-corrected chi connectivity index (χ4v) is 5.89. The molecule has 2 aromatic heterocycles. The molecule has 4 rings (SSSR count). The van der Waals surface area contributed by atoms with Crippen molar-refractivity contribution in [3.8, 4) is 0 Å². The largest absolute Gasteiger partial charge is 0.550 e. The van der Waals surface area contributed by atoms with Crippen LogP contribution in [0.4, 0.5) is 0 Å². The summed E-state index contributed by atoms with van der Waals surface area (Å²) < 4.78 is 0. The number of aromatic nitrogens is 2. The molecule has 2 atom stereocenters. The molecular formula is C33H36N4O6-2. The number of nitrogens with zero attached hydrogens (tertiary/aromatic N) is 1. The number of amides is 2. The third-order valence-corrected chi connectivity index (χ3v) is 8.48. The molecule has 0 saturated heterocycles. The Bertz CT molecular complexity index is 1750. The van der Waals surface area contributed by atoms with Crippen LogP contribution < -0.4 is 26.2 Å². The second-order valence-corrected chi connectivity index (χ2v) is 11.0. The Kier molecular flexibility index (Phi) is 9.18. The lowest BCUT2D eigenvalue weighted by Gasteiger charge is -2.12. The number of aliphatic carboxylic acids is 2. The highest BCUT2D eigenvalue weighted by Crippen LogP contribution is 2.26. The molecule has 10 heteroatoms. The van der Waals surface area contributed by atoms with Crippen molar-refractivity contribution in [3.05, 3.63) is 79.8 Å². The van der Waals surface area contributed by atoms with Gasteiger partial charge in [0.2, 0.25) is 0 Å². The van der Waals surface area contributed by atoms with E-state index in [4.69, 9.17) is 0 Å². The standard InChI is InChI=1S/C33H38N4O6/c1-7-20-19(6)32(42)37-27(20)14-25-18(5)23(10-12-31(40)41)29(35-25)15-28-22(9-11-30(38)39)17(4)24(34-28)13-26-16(3)21(8-2)33(43)36-26/h7-8,14-15,19,26,34-35H,2,9-13H2,1,3-6H3,(H,36,43)(H,38,39)(H,40,41)/p-2/b20-7+,25-14?,29-15-/t19-,26-/m1/s1. The van der Waals surface area contributed by atoms with E-state index in [9.17, 15) is 29.4 Å². The fraction of sp³-hybridized carbons (Fsp3) is 0.364. The molecule has 0 bridgehead atoms. The Hall–Kier alpha value is -4.73. The lowest BCUT2D eigenvalue weighted by atomic mass is 9.98. The predicted molar refractivity (Wildman–Crippen MR) is 159 cm³/mol. The quantitative estimate of drug-likeness (QED) is 0.337. The van der Waals surface area contributed by atoms with Crippen molar-refractivity contribution in [2.45, 2.75) is 72.8 Å². The number of carboxylic acid groups (broad SMARTS) is 2. The average Bonchev–Trinajstić information content (AvgIpc) is 3.59. The molecule has 2 aliphatic rings. The monoisotopic (exact) mass is 584 g/mol. The lowest BCUT2D eigenvalue weighted by molar-refractivity contribution is -0.307. The van der Waals surface area contributed by atoms with E-state index in [1.165, 1.54) is 0 Å². The summed E-state index contributed by atoms with van der Waals surface area (Å²) in [4.78, 5) is 58.4. The van der Waals surface area contributed by atoms with Crippen molar-refractivity contribution >= 4 is 41.6 Å². The van der Waals surface area contributed by atoms with Crippen molar-refractivity contribution in [1.29, 1.82) is 0 Å². The number of hydrogen-bond acceptors (Lipinski definition) is 6. The van der Waals surface area contributed by atoms with Crippen LogP contribution in [0.1, 0.15) is 67.3 Å². The normalized spacial score (nSPS) is 20.4. The maximum atomic E-state index is 12.4. The maximum absolute atomic E-state index is 12.4. The SMILES string of the molecule is C=CC1=C(C)[C@@H](Cc2[nH]c(/C=c3\[nH]c(=CC4=NC(=O)[C@H](C)/C4=C\C)c(C)c3CCC(=O)[O-])c(CCC(=O)[O-])c2C)NC1=O. The fourth-order valence-electron chi connectivity index (χ4n) is 5.89. The smallest absolute Gasteiger partial charge is 0.253 e. The molecule has 226 valence electrons. The summed E-state index contributed by atoms with van der Waals surface area (Å²) in [5, 5.41) is 27.1. The number of carboxylic acids is 2. The van der Waals surface area contributed by atoms with Crippen molar-refractivity contribution in [1.82, 2.24) is 15.3 Å². The molecule has 0 saturated carbocycles. The van der Waals surface area contributed by atoms with E-state index >= 15 is 0 Å². The number of rotatable bonds is 11. The lowest BCUT2D eigenvalue weighted by Crippen LogP contribution is -2.30. The number of allylic oxidation sites excluding steroid dienone is 1. The number of aliphatic imine (C=N–C) groups is 1. The van der Waals surface area contributed by atoms with Gasteiger partial charge >= 0.3 is 0 Å². The molecule has 0 aromatic carbocycles. The summed E-state index contributed by atoms with van der Waals surface area (Å²) in [6.45, 7) is 13.1. The molecule has 10 nitrogen and oxygen atoms in total. The van der Waals surface area contributed by atoms with Crippen LogP contribution in [0, 0.1) is 19.8 Å². The van der Waals surface area contributed by atoms with Gasteiger partial charge in [0.15, 0.2) is 0 Å². The maximum Gasteiger partial charge on any atom is 0.253 e. The van der Waals surface area contributed by atoms with Crippen LogP contribution in [0.3, 0.4) is 0 Å². The Labute approximate surface area is 249 Å². The number of aromatic amines is 2. The Morgan fingerprint density at radius 3 is 2.19 bits per heavy atom. The second kappa shape index (κ2) is 12.6. The molecule has 0 aliphatic carbocycles. The Balaban J connectivity index is 1.86. The van der Waals surface area contributed by atoms with Gasteiger partial charge in [0.05, 0.1) is 17.7 Å². The molecule has 2 aromatic rings. The number of carbonyl (C=O) groups excluding carboxylic acids is 4. The highest BCUT2D eigenvalue weighted by molar-refractivity contribution is 6.29. The predicted octanol–water partition coefficient (Wildman–Crippen LogP) is 0.0409. The Morgan fingerprint density at radius 2 is 1.60 bits per heavy atom. The van der Waals surface area contributed by atoms with Crippen molar-refractivity contribution < 1.29 is 29.4 Å². The summed E-state index contributed by atoms with van der Waals surface area (Å²) in [7, 11) is 0. The summed E-state index contributed by atoms with van der Waals surface area (Å²) in [5.41, 5.74) is 7.53. The topological polar surface area (TPSA) is 170 Å². The van der Waals surface area contributed by atoms with E-state index in [0.717, 1.165) is 39.1 Å².